The largest absolute Gasteiger partial charge is 0.302 e. The van der Waals surface area contributed by atoms with Crippen molar-refractivity contribution >= 4 is 39.8 Å². The van der Waals surface area contributed by atoms with Gasteiger partial charge in [0.05, 0.1) is 11.4 Å². The molecule has 2 heterocycles. The third-order valence-electron chi connectivity index (χ3n) is 5.65. The van der Waals surface area contributed by atoms with E-state index in [1.54, 1.807) is 23.6 Å². The Kier molecular flexibility index (Phi) is 7.48. The van der Waals surface area contributed by atoms with Gasteiger partial charge in [0.15, 0.2) is 16.1 Å². The molecule has 0 saturated heterocycles. The van der Waals surface area contributed by atoms with Gasteiger partial charge in [-0.15, -0.1) is 21.5 Å². The summed E-state index contributed by atoms with van der Waals surface area (Å²) in [4.78, 5) is 19.0. The fourth-order valence-corrected chi connectivity index (χ4v) is 5.65. The number of rotatable bonds is 8. The standard InChI is InChI=1S/C26H29N5OS2/c1-6-13-30-24(21-11-7-9-17(2)14-21)28-29-26(30)34-16-22-15-33-25(27-22)31(20(5)32)23-12-8-10-18(3)19(23)4/h7-12,14-15H,6,13,16H2,1-5H3. The summed E-state index contributed by atoms with van der Waals surface area (Å²) < 4.78 is 2.19. The third kappa shape index (κ3) is 5.08. The molecule has 0 aliphatic heterocycles. The highest BCUT2D eigenvalue weighted by molar-refractivity contribution is 7.98. The lowest BCUT2D eigenvalue weighted by atomic mass is 10.1. The van der Waals surface area contributed by atoms with Crippen LogP contribution in [0.5, 0.6) is 0 Å². The molecular formula is C26H29N5OS2. The van der Waals surface area contributed by atoms with Crippen LogP contribution >= 0.6 is 23.1 Å². The smallest absolute Gasteiger partial charge is 0.230 e. The number of aromatic nitrogens is 4. The van der Waals surface area contributed by atoms with Gasteiger partial charge in [-0.3, -0.25) is 9.69 Å². The number of thiazole rings is 1. The Hall–Kier alpha value is -2.97. The van der Waals surface area contributed by atoms with E-state index in [9.17, 15) is 4.79 Å². The van der Waals surface area contributed by atoms with Gasteiger partial charge in [-0.25, -0.2) is 4.98 Å². The topological polar surface area (TPSA) is 63.9 Å². The first-order chi connectivity index (χ1) is 16.4. The molecule has 8 heteroatoms. The molecule has 176 valence electrons. The van der Waals surface area contributed by atoms with Crippen LogP contribution in [0.1, 0.15) is 42.7 Å². The Labute approximate surface area is 209 Å². The van der Waals surface area contributed by atoms with E-state index in [1.165, 1.54) is 16.9 Å². The number of carbonyl (C=O) groups excluding carboxylic acids is 1. The number of hydrogen-bond donors (Lipinski definition) is 0. The Morgan fingerprint density at radius 1 is 1.12 bits per heavy atom. The predicted octanol–water partition coefficient (Wildman–Crippen LogP) is 6.71. The van der Waals surface area contributed by atoms with Crippen LogP contribution in [0, 0.1) is 20.8 Å². The average Bonchev–Trinajstić information content (AvgIpc) is 3.43. The summed E-state index contributed by atoms with van der Waals surface area (Å²) in [5.74, 6) is 1.50. The first-order valence-electron chi connectivity index (χ1n) is 11.3. The van der Waals surface area contributed by atoms with E-state index in [0.29, 0.717) is 10.9 Å². The Morgan fingerprint density at radius 3 is 2.65 bits per heavy atom. The monoisotopic (exact) mass is 491 g/mol. The number of amides is 1. The molecule has 0 radical (unpaired) electrons. The van der Waals surface area contributed by atoms with Crippen molar-refractivity contribution in [3.63, 3.8) is 0 Å². The summed E-state index contributed by atoms with van der Waals surface area (Å²) in [6.07, 6.45) is 0.995. The molecule has 2 aromatic carbocycles. The van der Waals surface area contributed by atoms with E-state index in [-0.39, 0.29) is 5.91 Å². The van der Waals surface area contributed by atoms with Gasteiger partial charge >= 0.3 is 0 Å². The minimum Gasteiger partial charge on any atom is -0.302 e. The number of benzene rings is 2. The highest BCUT2D eigenvalue weighted by Crippen LogP contribution is 2.34. The first kappa shape index (κ1) is 24.2. The van der Waals surface area contributed by atoms with E-state index in [1.807, 2.05) is 24.4 Å². The van der Waals surface area contributed by atoms with Crippen LogP contribution in [0.3, 0.4) is 0 Å². The molecule has 0 spiro atoms. The molecule has 2 aromatic heterocycles. The zero-order valence-corrected chi connectivity index (χ0v) is 21.8. The maximum Gasteiger partial charge on any atom is 0.230 e. The van der Waals surface area contributed by atoms with Crippen LogP contribution in [0.4, 0.5) is 10.8 Å². The summed E-state index contributed by atoms with van der Waals surface area (Å²) in [6.45, 7) is 10.8. The molecule has 0 fully saturated rings. The second kappa shape index (κ2) is 10.5. The summed E-state index contributed by atoms with van der Waals surface area (Å²) in [6, 6.07) is 14.4. The molecule has 4 aromatic rings. The number of aryl methyl sites for hydroxylation is 2. The average molecular weight is 492 g/mol. The van der Waals surface area contributed by atoms with E-state index in [4.69, 9.17) is 4.98 Å². The van der Waals surface area contributed by atoms with Gasteiger partial charge in [-0.05, 0) is 50.5 Å². The highest BCUT2D eigenvalue weighted by Gasteiger charge is 2.21. The normalized spacial score (nSPS) is 11.1. The second-order valence-electron chi connectivity index (χ2n) is 8.31. The number of thioether (sulfide) groups is 1. The molecule has 0 bridgehead atoms. The van der Waals surface area contributed by atoms with E-state index in [0.717, 1.165) is 52.0 Å². The van der Waals surface area contributed by atoms with Crippen molar-refractivity contribution < 1.29 is 4.79 Å². The molecule has 34 heavy (non-hydrogen) atoms. The highest BCUT2D eigenvalue weighted by atomic mass is 32.2. The maximum absolute atomic E-state index is 12.5. The van der Waals surface area contributed by atoms with Gasteiger partial charge in [-0.1, -0.05) is 54.6 Å². The van der Waals surface area contributed by atoms with Crippen molar-refractivity contribution in [3.05, 3.63) is 70.2 Å². The molecular weight excluding hydrogens is 462 g/mol. The fourth-order valence-electron chi connectivity index (χ4n) is 3.81. The number of anilines is 2. The quantitative estimate of drug-likeness (QED) is 0.256. The molecule has 0 aliphatic rings. The second-order valence-corrected chi connectivity index (χ2v) is 10.1. The zero-order valence-electron chi connectivity index (χ0n) is 20.2. The van der Waals surface area contributed by atoms with Crippen LogP contribution in [0.2, 0.25) is 0 Å². The Morgan fingerprint density at radius 2 is 1.91 bits per heavy atom. The van der Waals surface area contributed by atoms with Gasteiger partial charge < -0.3 is 4.57 Å². The van der Waals surface area contributed by atoms with E-state index in [2.05, 4.69) is 65.9 Å². The lowest BCUT2D eigenvalue weighted by Gasteiger charge is -2.21. The van der Waals surface area contributed by atoms with Crippen molar-refractivity contribution in [1.82, 2.24) is 19.7 Å². The van der Waals surface area contributed by atoms with Crippen LogP contribution in [0.15, 0.2) is 53.0 Å². The van der Waals surface area contributed by atoms with Gasteiger partial charge in [0.25, 0.3) is 0 Å². The molecule has 1 amide bonds. The summed E-state index contributed by atoms with van der Waals surface area (Å²) in [5, 5.41) is 12.6. The van der Waals surface area contributed by atoms with Gasteiger partial charge in [-0.2, -0.15) is 0 Å². The lowest BCUT2D eigenvalue weighted by Crippen LogP contribution is -2.23. The van der Waals surface area contributed by atoms with Crippen molar-refractivity contribution in [3.8, 4) is 11.4 Å². The van der Waals surface area contributed by atoms with E-state index < -0.39 is 0 Å². The van der Waals surface area contributed by atoms with Crippen LogP contribution in [0.25, 0.3) is 11.4 Å². The van der Waals surface area contributed by atoms with Crippen molar-refractivity contribution in [2.75, 3.05) is 4.90 Å². The summed E-state index contributed by atoms with van der Waals surface area (Å²) >= 11 is 3.11. The molecule has 0 N–H and O–H groups in total. The summed E-state index contributed by atoms with van der Waals surface area (Å²) in [7, 11) is 0. The zero-order chi connectivity index (χ0) is 24.2. The van der Waals surface area contributed by atoms with Crippen molar-refractivity contribution in [2.24, 2.45) is 0 Å². The third-order valence-corrected chi connectivity index (χ3v) is 7.53. The van der Waals surface area contributed by atoms with Crippen LogP contribution < -0.4 is 4.90 Å². The molecule has 0 atom stereocenters. The molecule has 0 aliphatic carbocycles. The van der Waals surface area contributed by atoms with Crippen molar-refractivity contribution in [1.29, 1.82) is 0 Å². The van der Waals surface area contributed by atoms with Crippen LogP contribution in [-0.2, 0) is 17.1 Å². The predicted molar refractivity (Wildman–Crippen MR) is 141 cm³/mol. The fraction of sp³-hybridized carbons (Fsp3) is 0.308. The minimum atomic E-state index is -0.0484. The maximum atomic E-state index is 12.5. The van der Waals surface area contributed by atoms with Gasteiger partial charge in [0.2, 0.25) is 5.91 Å². The molecule has 6 nitrogen and oxygen atoms in total. The molecule has 4 rings (SSSR count). The SMILES string of the molecule is CCCn1c(SCc2csc(N(C(C)=O)c3cccc(C)c3C)n2)nnc1-c1cccc(C)c1. The molecule has 0 saturated carbocycles. The van der Waals surface area contributed by atoms with E-state index >= 15 is 0 Å². The first-order valence-corrected chi connectivity index (χ1v) is 13.2. The minimum absolute atomic E-state index is 0.0484. The van der Waals surface area contributed by atoms with Crippen molar-refractivity contribution in [2.45, 2.75) is 58.5 Å². The number of hydrogen-bond acceptors (Lipinski definition) is 6. The number of carbonyl (C=O) groups is 1. The Balaban J connectivity index is 1.56. The molecule has 0 unspecified atom stereocenters. The summed E-state index contributed by atoms with van der Waals surface area (Å²) in [5.41, 5.74) is 6.31. The van der Waals surface area contributed by atoms with Gasteiger partial charge in [0, 0.05) is 30.2 Å². The Bertz CT molecular complexity index is 1310. The van der Waals surface area contributed by atoms with Crippen LogP contribution in [-0.4, -0.2) is 25.7 Å². The lowest BCUT2D eigenvalue weighted by molar-refractivity contribution is -0.115. The van der Waals surface area contributed by atoms with Gasteiger partial charge in [0.1, 0.15) is 0 Å². The number of nitrogens with zero attached hydrogens (tertiary/aromatic N) is 5.